The first-order valence-corrected chi connectivity index (χ1v) is 6.86. The van der Waals surface area contributed by atoms with Gasteiger partial charge >= 0.3 is 0 Å². The number of methoxy groups -OCH3 is 1. The molecule has 0 spiro atoms. The Kier molecular flexibility index (Phi) is 3.44. The fourth-order valence-corrected chi connectivity index (χ4v) is 2.75. The molecule has 3 aromatic rings. The van der Waals surface area contributed by atoms with Crippen molar-refractivity contribution in [3.63, 3.8) is 0 Å². The lowest BCUT2D eigenvalue weighted by atomic mass is 9.94. The molecule has 2 nitrogen and oxygen atoms in total. The van der Waals surface area contributed by atoms with Crippen molar-refractivity contribution in [1.82, 2.24) is 0 Å². The number of aryl methyl sites for hydroxylation is 1. The molecule has 104 valence electrons. The molecule has 0 amide bonds. The van der Waals surface area contributed by atoms with Gasteiger partial charge in [0.2, 0.25) is 0 Å². The molecule has 3 rings (SSSR count). The Labute approximate surface area is 124 Å². The summed E-state index contributed by atoms with van der Waals surface area (Å²) in [6, 6.07) is 18.0. The van der Waals surface area contributed by atoms with Crippen LogP contribution in [0.1, 0.15) is 15.9 Å². The number of fused-ring (bicyclic) bond motifs is 1. The van der Waals surface area contributed by atoms with E-state index in [0.29, 0.717) is 5.56 Å². The van der Waals surface area contributed by atoms with Gasteiger partial charge in [-0.05, 0) is 41.1 Å². The van der Waals surface area contributed by atoms with Gasteiger partial charge in [0.15, 0.2) is 0 Å². The fourth-order valence-electron chi connectivity index (χ4n) is 2.75. The van der Waals surface area contributed by atoms with Crippen molar-refractivity contribution in [2.75, 3.05) is 7.11 Å². The van der Waals surface area contributed by atoms with Crippen LogP contribution in [-0.4, -0.2) is 13.4 Å². The van der Waals surface area contributed by atoms with E-state index in [1.54, 1.807) is 7.11 Å². The quantitative estimate of drug-likeness (QED) is 0.652. The number of rotatable bonds is 3. The van der Waals surface area contributed by atoms with E-state index in [0.717, 1.165) is 39.5 Å². The van der Waals surface area contributed by atoms with Crippen LogP contribution in [-0.2, 0) is 0 Å². The van der Waals surface area contributed by atoms with Gasteiger partial charge in [0.1, 0.15) is 12.0 Å². The minimum Gasteiger partial charge on any atom is -0.496 e. The maximum Gasteiger partial charge on any atom is 0.150 e. The maximum atomic E-state index is 10.9. The number of ether oxygens (including phenoxy) is 1. The summed E-state index contributed by atoms with van der Waals surface area (Å²) in [6.07, 6.45) is 0.878. The second-order valence-electron chi connectivity index (χ2n) is 5.05. The lowest BCUT2D eigenvalue weighted by molar-refractivity contribution is 0.112. The molecular weight excluding hydrogens is 260 g/mol. The Morgan fingerprint density at radius 3 is 2.29 bits per heavy atom. The third kappa shape index (κ3) is 2.29. The van der Waals surface area contributed by atoms with E-state index < -0.39 is 0 Å². The molecule has 0 saturated heterocycles. The van der Waals surface area contributed by atoms with Crippen LogP contribution in [0.4, 0.5) is 0 Å². The van der Waals surface area contributed by atoms with E-state index in [2.05, 4.69) is 18.2 Å². The Morgan fingerprint density at radius 2 is 1.62 bits per heavy atom. The Balaban J connectivity index is 2.28. The van der Waals surface area contributed by atoms with E-state index in [-0.39, 0.29) is 0 Å². The molecule has 0 aromatic heterocycles. The highest BCUT2D eigenvalue weighted by Gasteiger charge is 2.10. The Hall–Kier alpha value is -2.61. The smallest absolute Gasteiger partial charge is 0.150 e. The van der Waals surface area contributed by atoms with Gasteiger partial charge in [0, 0.05) is 10.9 Å². The molecule has 0 bridgehead atoms. The molecule has 3 aromatic carbocycles. The van der Waals surface area contributed by atoms with Crippen molar-refractivity contribution >= 4 is 17.1 Å². The van der Waals surface area contributed by atoms with Crippen LogP contribution in [0.25, 0.3) is 21.9 Å². The van der Waals surface area contributed by atoms with Crippen LogP contribution in [0.5, 0.6) is 5.75 Å². The summed E-state index contributed by atoms with van der Waals surface area (Å²) in [6.45, 7) is 2.03. The molecule has 0 aliphatic rings. The molecule has 2 heteroatoms. The molecule has 21 heavy (non-hydrogen) atoms. The maximum absolute atomic E-state index is 10.9. The zero-order valence-corrected chi connectivity index (χ0v) is 12.1. The van der Waals surface area contributed by atoms with E-state index in [4.69, 9.17) is 4.74 Å². The average Bonchev–Trinajstić information content (AvgIpc) is 2.54. The van der Waals surface area contributed by atoms with Crippen molar-refractivity contribution in [1.29, 1.82) is 0 Å². The first kappa shape index (κ1) is 13.4. The molecule has 0 unspecified atom stereocenters. The van der Waals surface area contributed by atoms with Crippen LogP contribution in [0.3, 0.4) is 0 Å². The summed E-state index contributed by atoms with van der Waals surface area (Å²) < 4.78 is 5.44. The second-order valence-corrected chi connectivity index (χ2v) is 5.05. The first-order valence-electron chi connectivity index (χ1n) is 6.86. The van der Waals surface area contributed by atoms with Gasteiger partial charge < -0.3 is 4.74 Å². The normalized spacial score (nSPS) is 10.6. The predicted molar refractivity (Wildman–Crippen MR) is 86.1 cm³/mol. The van der Waals surface area contributed by atoms with Gasteiger partial charge in [0.25, 0.3) is 0 Å². The summed E-state index contributed by atoms with van der Waals surface area (Å²) >= 11 is 0. The highest BCUT2D eigenvalue weighted by molar-refractivity contribution is 6.00. The zero-order valence-electron chi connectivity index (χ0n) is 12.1. The number of aldehydes is 1. The number of carbonyl (C=O) groups excluding carboxylic acids is 1. The van der Waals surface area contributed by atoms with Gasteiger partial charge in [-0.1, -0.05) is 42.5 Å². The van der Waals surface area contributed by atoms with E-state index in [1.165, 1.54) is 0 Å². The molecule has 0 aliphatic carbocycles. The summed E-state index contributed by atoms with van der Waals surface area (Å²) in [5, 5.41) is 2.25. The highest BCUT2D eigenvalue weighted by Crippen LogP contribution is 2.35. The largest absolute Gasteiger partial charge is 0.496 e. The summed E-state index contributed by atoms with van der Waals surface area (Å²) in [7, 11) is 1.69. The molecule has 0 fully saturated rings. The van der Waals surface area contributed by atoms with E-state index in [9.17, 15) is 4.79 Å². The second kappa shape index (κ2) is 5.41. The van der Waals surface area contributed by atoms with Crippen molar-refractivity contribution in [3.05, 3.63) is 65.7 Å². The van der Waals surface area contributed by atoms with Gasteiger partial charge in [-0.3, -0.25) is 4.79 Å². The molecule has 0 N–H and O–H groups in total. The van der Waals surface area contributed by atoms with Crippen molar-refractivity contribution in [2.45, 2.75) is 6.92 Å². The summed E-state index contributed by atoms with van der Waals surface area (Å²) in [4.78, 5) is 10.9. The van der Waals surface area contributed by atoms with Crippen LogP contribution in [0.15, 0.2) is 54.6 Å². The van der Waals surface area contributed by atoms with Gasteiger partial charge in [-0.2, -0.15) is 0 Å². The SMILES string of the molecule is COc1ccc(-c2ccc(C=O)cc2C)c2ccccc12. The molecular formula is C19H16O2. The summed E-state index contributed by atoms with van der Waals surface area (Å²) in [5.41, 5.74) is 4.09. The molecule has 0 atom stereocenters. The molecule has 0 aliphatic heterocycles. The van der Waals surface area contributed by atoms with Gasteiger partial charge in [0.05, 0.1) is 7.11 Å². The zero-order chi connectivity index (χ0) is 14.8. The third-order valence-corrected chi connectivity index (χ3v) is 3.78. The number of carbonyl (C=O) groups is 1. The molecule has 0 heterocycles. The first-order chi connectivity index (χ1) is 10.2. The molecule has 0 radical (unpaired) electrons. The Bertz CT molecular complexity index is 819. The lowest BCUT2D eigenvalue weighted by Crippen LogP contribution is -1.90. The topological polar surface area (TPSA) is 26.3 Å². The fraction of sp³-hybridized carbons (Fsp3) is 0.105. The number of hydrogen-bond acceptors (Lipinski definition) is 2. The van der Waals surface area contributed by atoms with Crippen molar-refractivity contribution in [3.8, 4) is 16.9 Å². The number of hydrogen-bond donors (Lipinski definition) is 0. The van der Waals surface area contributed by atoms with Crippen molar-refractivity contribution < 1.29 is 9.53 Å². The highest BCUT2D eigenvalue weighted by atomic mass is 16.5. The van der Waals surface area contributed by atoms with E-state index in [1.807, 2.05) is 43.3 Å². The summed E-state index contributed by atoms with van der Waals surface area (Å²) in [5.74, 6) is 0.872. The van der Waals surface area contributed by atoms with Gasteiger partial charge in [-0.15, -0.1) is 0 Å². The third-order valence-electron chi connectivity index (χ3n) is 3.78. The lowest BCUT2D eigenvalue weighted by Gasteiger charge is -2.13. The van der Waals surface area contributed by atoms with Crippen molar-refractivity contribution in [2.24, 2.45) is 0 Å². The van der Waals surface area contributed by atoms with Crippen LogP contribution < -0.4 is 4.74 Å². The van der Waals surface area contributed by atoms with Crippen LogP contribution in [0, 0.1) is 6.92 Å². The predicted octanol–water partition coefficient (Wildman–Crippen LogP) is 4.64. The Morgan fingerprint density at radius 1 is 0.905 bits per heavy atom. The minimum absolute atomic E-state index is 0.703. The molecule has 0 saturated carbocycles. The minimum atomic E-state index is 0.703. The van der Waals surface area contributed by atoms with Crippen LogP contribution >= 0.6 is 0 Å². The standard InChI is InChI=1S/C19H16O2/c1-13-11-14(12-20)7-8-15(13)17-9-10-19(21-2)18-6-4-3-5-16(17)18/h3-12H,1-2H3. The average molecular weight is 276 g/mol. The van der Waals surface area contributed by atoms with Gasteiger partial charge in [-0.25, -0.2) is 0 Å². The monoisotopic (exact) mass is 276 g/mol. The number of benzene rings is 3. The van der Waals surface area contributed by atoms with Crippen LogP contribution in [0.2, 0.25) is 0 Å². The van der Waals surface area contributed by atoms with E-state index >= 15 is 0 Å².